The minimum Gasteiger partial charge on any atom is -0.458 e. The third-order valence-electron chi connectivity index (χ3n) is 3.20. The van der Waals surface area contributed by atoms with Crippen LogP contribution in [0.3, 0.4) is 0 Å². The molecular weight excluding hydrogens is 283 g/mol. The number of H-pyrrole nitrogens is 1. The highest BCUT2D eigenvalue weighted by atomic mass is 19.1. The molecule has 3 aromatic rings. The zero-order valence-corrected chi connectivity index (χ0v) is 11.8. The maximum atomic E-state index is 13.0. The van der Waals surface area contributed by atoms with Crippen LogP contribution in [0.25, 0.3) is 17.3 Å². The molecule has 2 aromatic heterocycles. The molecule has 1 aromatic carbocycles. The standard InChI is InChI=1S/C17H13FN2O2/c1-11-2-9-16(22-11)15(21)8-5-13-10-19-20-17(13)12-3-6-14(18)7-4-12/h2-10H,1H3,(H,19,20)/b8-5+. The summed E-state index contributed by atoms with van der Waals surface area (Å²) in [6, 6.07) is 9.43. The minimum absolute atomic E-state index is 0.223. The van der Waals surface area contributed by atoms with E-state index in [4.69, 9.17) is 4.42 Å². The van der Waals surface area contributed by atoms with Crippen molar-refractivity contribution in [2.75, 3.05) is 0 Å². The Hall–Kier alpha value is -2.95. The quantitative estimate of drug-likeness (QED) is 0.584. The molecule has 0 fully saturated rings. The van der Waals surface area contributed by atoms with E-state index >= 15 is 0 Å². The number of carbonyl (C=O) groups is 1. The Bertz CT molecular complexity index is 828. The number of furan rings is 1. The zero-order chi connectivity index (χ0) is 15.5. The van der Waals surface area contributed by atoms with Gasteiger partial charge in [-0.3, -0.25) is 9.89 Å². The van der Waals surface area contributed by atoms with Gasteiger partial charge in [-0.15, -0.1) is 0 Å². The van der Waals surface area contributed by atoms with Crippen LogP contribution >= 0.6 is 0 Å². The van der Waals surface area contributed by atoms with Gasteiger partial charge in [0.1, 0.15) is 11.6 Å². The fourth-order valence-corrected chi connectivity index (χ4v) is 2.08. The second-order valence-corrected chi connectivity index (χ2v) is 4.82. The van der Waals surface area contributed by atoms with Crippen LogP contribution in [0.5, 0.6) is 0 Å². The molecule has 0 atom stereocenters. The first-order valence-corrected chi connectivity index (χ1v) is 6.71. The van der Waals surface area contributed by atoms with Crippen molar-refractivity contribution in [3.63, 3.8) is 0 Å². The number of halogens is 1. The van der Waals surface area contributed by atoms with E-state index in [1.54, 1.807) is 43.5 Å². The Morgan fingerprint density at radius 2 is 2.00 bits per heavy atom. The third kappa shape index (κ3) is 2.88. The topological polar surface area (TPSA) is 58.9 Å². The number of nitrogens with zero attached hydrogens (tertiary/aromatic N) is 1. The maximum absolute atomic E-state index is 13.0. The normalized spacial score (nSPS) is 11.2. The van der Waals surface area contributed by atoms with Crippen molar-refractivity contribution in [3.05, 3.63) is 71.6 Å². The van der Waals surface area contributed by atoms with Gasteiger partial charge in [0, 0.05) is 11.1 Å². The molecule has 0 saturated heterocycles. The van der Waals surface area contributed by atoms with Crippen molar-refractivity contribution in [1.82, 2.24) is 10.2 Å². The number of ketones is 1. The highest BCUT2D eigenvalue weighted by Crippen LogP contribution is 2.22. The van der Waals surface area contributed by atoms with Gasteiger partial charge in [-0.2, -0.15) is 5.10 Å². The predicted octanol–water partition coefficient (Wildman–Crippen LogP) is 4.01. The Morgan fingerprint density at radius 1 is 1.23 bits per heavy atom. The average molecular weight is 296 g/mol. The Kier molecular flexibility index (Phi) is 3.70. The second-order valence-electron chi connectivity index (χ2n) is 4.82. The maximum Gasteiger partial charge on any atom is 0.221 e. The lowest BCUT2D eigenvalue weighted by Crippen LogP contribution is -1.90. The molecule has 0 saturated carbocycles. The molecule has 0 bridgehead atoms. The van der Waals surface area contributed by atoms with Crippen molar-refractivity contribution in [2.45, 2.75) is 6.92 Å². The summed E-state index contributed by atoms with van der Waals surface area (Å²) >= 11 is 0. The van der Waals surface area contributed by atoms with Crippen molar-refractivity contribution in [2.24, 2.45) is 0 Å². The number of hydrogen-bond donors (Lipinski definition) is 1. The first-order valence-electron chi connectivity index (χ1n) is 6.71. The molecule has 0 unspecified atom stereocenters. The number of benzene rings is 1. The van der Waals surface area contributed by atoms with Crippen LogP contribution in [0.1, 0.15) is 21.9 Å². The highest BCUT2D eigenvalue weighted by molar-refractivity contribution is 6.05. The summed E-state index contributed by atoms with van der Waals surface area (Å²) in [7, 11) is 0. The molecule has 0 aliphatic heterocycles. The highest BCUT2D eigenvalue weighted by Gasteiger charge is 2.09. The molecule has 0 radical (unpaired) electrons. The van der Waals surface area contributed by atoms with E-state index in [-0.39, 0.29) is 11.6 Å². The van der Waals surface area contributed by atoms with Crippen molar-refractivity contribution >= 4 is 11.9 Å². The third-order valence-corrected chi connectivity index (χ3v) is 3.20. The lowest BCUT2D eigenvalue weighted by Gasteiger charge is -1.99. The molecule has 2 heterocycles. The number of rotatable bonds is 4. The predicted molar refractivity (Wildman–Crippen MR) is 80.8 cm³/mol. The van der Waals surface area contributed by atoms with Crippen LogP contribution in [0.4, 0.5) is 4.39 Å². The summed E-state index contributed by atoms with van der Waals surface area (Å²) in [4.78, 5) is 12.0. The number of aryl methyl sites for hydroxylation is 1. The van der Waals surface area contributed by atoms with Gasteiger partial charge in [-0.1, -0.05) is 0 Å². The monoisotopic (exact) mass is 296 g/mol. The molecule has 22 heavy (non-hydrogen) atoms. The first-order chi connectivity index (χ1) is 10.6. The fourth-order valence-electron chi connectivity index (χ4n) is 2.08. The van der Waals surface area contributed by atoms with E-state index in [9.17, 15) is 9.18 Å². The summed E-state index contributed by atoms with van der Waals surface area (Å²) in [6.45, 7) is 1.78. The van der Waals surface area contributed by atoms with Crippen LogP contribution in [-0.2, 0) is 0 Å². The van der Waals surface area contributed by atoms with Crippen LogP contribution in [0.15, 0.2) is 53.1 Å². The summed E-state index contributed by atoms with van der Waals surface area (Å²) < 4.78 is 18.3. The number of aromatic nitrogens is 2. The number of hydrogen-bond acceptors (Lipinski definition) is 3. The van der Waals surface area contributed by atoms with Crippen LogP contribution in [0, 0.1) is 12.7 Å². The molecule has 0 amide bonds. The van der Waals surface area contributed by atoms with Gasteiger partial charge >= 0.3 is 0 Å². The average Bonchev–Trinajstić information content (AvgIpc) is 3.14. The summed E-state index contributed by atoms with van der Waals surface area (Å²) in [6.07, 6.45) is 4.69. The van der Waals surface area contributed by atoms with Gasteiger partial charge in [-0.25, -0.2) is 4.39 Å². The van der Waals surface area contributed by atoms with Gasteiger partial charge in [0.15, 0.2) is 5.76 Å². The van der Waals surface area contributed by atoms with Crippen molar-refractivity contribution in [3.8, 4) is 11.3 Å². The van der Waals surface area contributed by atoms with E-state index in [2.05, 4.69) is 10.2 Å². The molecule has 3 rings (SSSR count). The number of aromatic amines is 1. The van der Waals surface area contributed by atoms with Gasteiger partial charge in [0.2, 0.25) is 5.78 Å². The summed E-state index contributed by atoms with van der Waals surface area (Å²) in [5.74, 6) is 0.454. The van der Waals surface area contributed by atoms with Gasteiger partial charge < -0.3 is 4.42 Å². The SMILES string of the molecule is Cc1ccc(C(=O)/C=C/c2cn[nH]c2-c2ccc(F)cc2)o1. The molecular formula is C17H13FN2O2. The van der Waals surface area contributed by atoms with E-state index in [0.717, 1.165) is 16.8 Å². The lowest BCUT2D eigenvalue weighted by molar-refractivity contribution is 0.102. The van der Waals surface area contributed by atoms with Gasteiger partial charge in [0.05, 0.1) is 11.9 Å². The zero-order valence-electron chi connectivity index (χ0n) is 11.8. The number of carbonyl (C=O) groups excluding carboxylic acids is 1. The molecule has 4 nitrogen and oxygen atoms in total. The Balaban J connectivity index is 1.84. The van der Waals surface area contributed by atoms with E-state index in [1.807, 2.05) is 0 Å². The molecule has 1 N–H and O–H groups in total. The smallest absolute Gasteiger partial charge is 0.221 e. The first kappa shape index (κ1) is 14.0. The summed E-state index contributed by atoms with van der Waals surface area (Å²) in [5, 5.41) is 6.82. The Labute approximate surface area is 126 Å². The molecule has 0 spiro atoms. The van der Waals surface area contributed by atoms with E-state index in [1.165, 1.54) is 18.2 Å². The van der Waals surface area contributed by atoms with Crippen LogP contribution in [0.2, 0.25) is 0 Å². The van der Waals surface area contributed by atoms with Crippen LogP contribution < -0.4 is 0 Å². The molecule has 110 valence electrons. The van der Waals surface area contributed by atoms with E-state index < -0.39 is 0 Å². The number of nitrogens with one attached hydrogen (secondary N) is 1. The largest absolute Gasteiger partial charge is 0.458 e. The molecule has 0 aliphatic rings. The van der Waals surface area contributed by atoms with E-state index in [0.29, 0.717) is 11.5 Å². The van der Waals surface area contributed by atoms with Crippen molar-refractivity contribution in [1.29, 1.82) is 0 Å². The van der Waals surface area contributed by atoms with Gasteiger partial charge in [0.25, 0.3) is 0 Å². The van der Waals surface area contributed by atoms with Gasteiger partial charge in [-0.05, 0) is 55.5 Å². The lowest BCUT2D eigenvalue weighted by atomic mass is 10.1. The Morgan fingerprint density at radius 3 is 2.68 bits per heavy atom. The minimum atomic E-state index is -0.302. The molecule has 5 heteroatoms. The second kappa shape index (κ2) is 5.81. The fraction of sp³-hybridized carbons (Fsp3) is 0.0588. The van der Waals surface area contributed by atoms with Crippen LogP contribution in [-0.4, -0.2) is 16.0 Å². The summed E-state index contributed by atoms with van der Waals surface area (Å²) in [5.41, 5.74) is 2.25. The number of allylic oxidation sites excluding steroid dienone is 1. The van der Waals surface area contributed by atoms with Crippen molar-refractivity contribution < 1.29 is 13.6 Å². The molecule has 0 aliphatic carbocycles.